The molecular weight excluding hydrogens is 266 g/mol. The van der Waals surface area contributed by atoms with Crippen LogP contribution in [-0.4, -0.2) is 23.8 Å². The third kappa shape index (κ3) is 3.25. The van der Waals surface area contributed by atoms with Crippen molar-refractivity contribution in [3.63, 3.8) is 0 Å². The number of aliphatic hydroxyl groups excluding tert-OH is 1. The fraction of sp³-hybridized carbons (Fsp3) is 0.500. The van der Waals surface area contributed by atoms with E-state index in [0.29, 0.717) is 0 Å². The first-order valence-corrected chi connectivity index (χ1v) is 6.57. The summed E-state index contributed by atoms with van der Waals surface area (Å²) in [4.78, 5) is 11.8. The van der Waals surface area contributed by atoms with Gasteiger partial charge in [-0.15, -0.1) is 0 Å². The zero-order valence-corrected chi connectivity index (χ0v) is 11.2. The highest BCUT2D eigenvalue weighted by Gasteiger charge is 2.39. The summed E-state index contributed by atoms with van der Waals surface area (Å²) in [5, 5.41) is 14.6. The van der Waals surface area contributed by atoms with Crippen LogP contribution in [0.5, 0.6) is 0 Å². The molecule has 0 aromatic heterocycles. The standard InChI is InChI=1S/C14H18F2N2O2/c1-14(8-19)4-2-3-12(14)18-13(20)17-11-6-9(15)5-10(16)7-11/h5-7,12,19H,2-4,8H2,1H3,(H2,17,18,20). The minimum atomic E-state index is -0.749. The van der Waals surface area contributed by atoms with Crippen molar-refractivity contribution < 1.29 is 18.7 Å². The van der Waals surface area contributed by atoms with Crippen LogP contribution in [0.25, 0.3) is 0 Å². The highest BCUT2D eigenvalue weighted by atomic mass is 19.1. The molecule has 1 fully saturated rings. The lowest BCUT2D eigenvalue weighted by Gasteiger charge is -2.30. The fourth-order valence-corrected chi connectivity index (χ4v) is 2.62. The van der Waals surface area contributed by atoms with Crippen LogP contribution in [-0.2, 0) is 0 Å². The summed E-state index contributed by atoms with van der Waals surface area (Å²) in [6, 6.07) is 2.15. The predicted molar refractivity (Wildman–Crippen MR) is 71.3 cm³/mol. The second-order valence-corrected chi connectivity index (χ2v) is 5.51. The highest BCUT2D eigenvalue weighted by Crippen LogP contribution is 2.37. The lowest BCUT2D eigenvalue weighted by molar-refractivity contribution is 0.122. The van der Waals surface area contributed by atoms with E-state index >= 15 is 0 Å². The summed E-state index contributed by atoms with van der Waals surface area (Å²) in [5.41, 5.74) is -0.284. The normalized spacial score (nSPS) is 25.5. The third-order valence-corrected chi connectivity index (χ3v) is 3.87. The molecule has 20 heavy (non-hydrogen) atoms. The lowest BCUT2D eigenvalue weighted by Crippen LogP contribution is -2.46. The lowest BCUT2D eigenvalue weighted by atomic mass is 9.86. The maximum atomic E-state index is 13.0. The van der Waals surface area contributed by atoms with Gasteiger partial charge in [0.1, 0.15) is 11.6 Å². The SMILES string of the molecule is CC1(CO)CCCC1NC(=O)Nc1cc(F)cc(F)c1. The van der Waals surface area contributed by atoms with Crippen LogP contribution >= 0.6 is 0 Å². The molecule has 0 spiro atoms. The van der Waals surface area contributed by atoms with E-state index in [2.05, 4.69) is 10.6 Å². The number of carbonyl (C=O) groups is 1. The number of rotatable bonds is 3. The molecule has 0 heterocycles. The van der Waals surface area contributed by atoms with Crippen LogP contribution in [0.1, 0.15) is 26.2 Å². The number of carbonyl (C=O) groups excluding carboxylic acids is 1. The Morgan fingerprint density at radius 2 is 2.05 bits per heavy atom. The van der Waals surface area contributed by atoms with E-state index in [0.717, 1.165) is 37.5 Å². The molecule has 2 amide bonds. The van der Waals surface area contributed by atoms with Crippen molar-refractivity contribution in [2.24, 2.45) is 5.41 Å². The van der Waals surface area contributed by atoms with Gasteiger partial charge in [0, 0.05) is 23.2 Å². The van der Waals surface area contributed by atoms with Crippen LogP contribution in [0.15, 0.2) is 18.2 Å². The van der Waals surface area contributed by atoms with E-state index in [-0.39, 0.29) is 23.8 Å². The second-order valence-electron chi connectivity index (χ2n) is 5.51. The molecule has 6 heteroatoms. The van der Waals surface area contributed by atoms with E-state index in [1.165, 1.54) is 0 Å². The smallest absolute Gasteiger partial charge is 0.319 e. The Hall–Kier alpha value is -1.69. The number of hydrogen-bond acceptors (Lipinski definition) is 2. The Bertz CT molecular complexity index is 490. The first-order chi connectivity index (χ1) is 9.43. The molecule has 0 bridgehead atoms. The molecule has 3 N–H and O–H groups in total. The Labute approximate surface area is 116 Å². The van der Waals surface area contributed by atoms with Gasteiger partial charge in [0.15, 0.2) is 0 Å². The average molecular weight is 284 g/mol. The largest absolute Gasteiger partial charge is 0.396 e. The second kappa shape index (κ2) is 5.75. The number of halogens is 2. The molecule has 1 aromatic carbocycles. The van der Waals surface area contributed by atoms with Crippen LogP contribution < -0.4 is 10.6 Å². The van der Waals surface area contributed by atoms with Gasteiger partial charge in [-0.1, -0.05) is 13.3 Å². The van der Waals surface area contributed by atoms with Gasteiger partial charge < -0.3 is 15.7 Å². The van der Waals surface area contributed by atoms with Crippen molar-refractivity contribution >= 4 is 11.7 Å². The topological polar surface area (TPSA) is 61.4 Å². The number of urea groups is 1. The van der Waals surface area contributed by atoms with E-state index in [1.807, 2.05) is 6.92 Å². The van der Waals surface area contributed by atoms with Gasteiger partial charge >= 0.3 is 6.03 Å². The van der Waals surface area contributed by atoms with Crippen molar-refractivity contribution in [3.05, 3.63) is 29.8 Å². The number of benzene rings is 1. The first kappa shape index (κ1) is 14.7. The molecule has 0 aliphatic heterocycles. The van der Waals surface area contributed by atoms with Crippen molar-refractivity contribution in [1.29, 1.82) is 0 Å². The number of aliphatic hydroxyl groups is 1. The molecule has 4 nitrogen and oxygen atoms in total. The zero-order chi connectivity index (χ0) is 14.8. The van der Waals surface area contributed by atoms with E-state index in [4.69, 9.17) is 0 Å². The minimum Gasteiger partial charge on any atom is -0.396 e. The molecule has 2 atom stereocenters. The average Bonchev–Trinajstić information content (AvgIpc) is 2.70. The molecule has 110 valence electrons. The number of anilines is 1. The maximum absolute atomic E-state index is 13.0. The van der Waals surface area contributed by atoms with Crippen LogP contribution in [0, 0.1) is 17.0 Å². The first-order valence-electron chi connectivity index (χ1n) is 6.57. The summed E-state index contributed by atoms with van der Waals surface area (Å²) >= 11 is 0. The van der Waals surface area contributed by atoms with Gasteiger partial charge in [-0.05, 0) is 25.0 Å². The Morgan fingerprint density at radius 3 is 2.65 bits per heavy atom. The van der Waals surface area contributed by atoms with Gasteiger partial charge in [0.2, 0.25) is 0 Å². The van der Waals surface area contributed by atoms with Gasteiger partial charge in [-0.3, -0.25) is 0 Å². The van der Waals surface area contributed by atoms with E-state index < -0.39 is 17.7 Å². The van der Waals surface area contributed by atoms with Crippen LogP contribution in [0.2, 0.25) is 0 Å². The monoisotopic (exact) mass is 284 g/mol. The Kier molecular flexibility index (Phi) is 4.23. The van der Waals surface area contributed by atoms with Crippen molar-refractivity contribution in [2.45, 2.75) is 32.2 Å². The van der Waals surface area contributed by atoms with Gasteiger partial charge in [0.05, 0.1) is 6.61 Å². The predicted octanol–water partition coefficient (Wildman–Crippen LogP) is 2.64. The summed E-state index contributed by atoms with van der Waals surface area (Å²) in [5.74, 6) is -1.50. The molecule has 1 aliphatic carbocycles. The number of amides is 2. The molecule has 0 radical (unpaired) electrons. The number of hydrogen-bond donors (Lipinski definition) is 3. The maximum Gasteiger partial charge on any atom is 0.319 e. The summed E-state index contributed by atoms with van der Waals surface area (Å²) in [6.07, 6.45) is 2.54. The van der Waals surface area contributed by atoms with E-state index in [9.17, 15) is 18.7 Å². The quantitative estimate of drug-likeness (QED) is 0.799. The van der Waals surface area contributed by atoms with Crippen molar-refractivity contribution in [3.8, 4) is 0 Å². The van der Waals surface area contributed by atoms with Crippen molar-refractivity contribution in [1.82, 2.24) is 5.32 Å². The third-order valence-electron chi connectivity index (χ3n) is 3.87. The van der Waals surface area contributed by atoms with E-state index in [1.54, 1.807) is 0 Å². The number of nitrogens with one attached hydrogen (secondary N) is 2. The summed E-state index contributed by atoms with van der Waals surface area (Å²) in [6.45, 7) is 1.90. The molecule has 1 saturated carbocycles. The van der Waals surface area contributed by atoms with Gasteiger partial charge in [0.25, 0.3) is 0 Å². The molecule has 2 rings (SSSR count). The summed E-state index contributed by atoms with van der Waals surface area (Å²) < 4.78 is 26.0. The molecule has 1 aromatic rings. The zero-order valence-electron chi connectivity index (χ0n) is 11.2. The highest BCUT2D eigenvalue weighted by molar-refractivity contribution is 5.89. The Morgan fingerprint density at radius 1 is 1.40 bits per heavy atom. The minimum absolute atomic E-state index is 0.00740. The van der Waals surface area contributed by atoms with Gasteiger partial charge in [-0.25, -0.2) is 13.6 Å². The van der Waals surface area contributed by atoms with Gasteiger partial charge in [-0.2, -0.15) is 0 Å². The fourth-order valence-electron chi connectivity index (χ4n) is 2.62. The molecule has 0 saturated heterocycles. The summed E-state index contributed by atoms with van der Waals surface area (Å²) in [7, 11) is 0. The van der Waals surface area contributed by atoms with Crippen molar-refractivity contribution in [2.75, 3.05) is 11.9 Å². The Balaban J connectivity index is 1.99. The molecule has 2 unspecified atom stereocenters. The van der Waals surface area contributed by atoms with Crippen LogP contribution in [0.3, 0.4) is 0 Å². The molecular formula is C14H18F2N2O2. The van der Waals surface area contributed by atoms with Crippen LogP contribution in [0.4, 0.5) is 19.3 Å². The molecule has 1 aliphatic rings.